The zero-order valence-electron chi connectivity index (χ0n) is 12.2. The van der Waals surface area contributed by atoms with Gasteiger partial charge in [-0.3, -0.25) is 4.90 Å². The van der Waals surface area contributed by atoms with Gasteiger partial charge in [-0.1, -0.05) is 13.8 Å². The van der Waals surface area contributed by atoms with Crippen molar-refractivity contribution >= 4 is 11.3 Å². The van der Waals surface area contributed by atoms with E-state index in [1.807, 2.05) is 11.3 Å². The lowest BCUT2D eigenvalue weighted by Gasteiger charge is -2.27. The van der Waals surface area contributed by atoms with Crippen LogP contribution in [0.25, 0.3) is 0 Å². The van der Waals surface area contributed by atoms with Crippen LogP contribution >= 0.6 is 11.3 Å². The number of ether oxygens (including phenoxy) is 2. The van der Waals surface area contributed by atoms with E-state index >= 15 is 0 Å². The van der Waals surface area contributed by atoms with Crippen molar-refractivity contribution in [3.8, 4) is 0 Å². The lowest BCUT2D eigenvalue weighted by Crippen LogP contribution is -2.38. The highest BCUT2D eigenvalue weighted by Gasteiger charge is 2.16. The predicted molar refractivity (Wildman–Crippen MR) is 79.8 cm³/mol. The second kappa shape index (κ2) is 7.39. The Balaban J connectivity index is 1.77. The largest absolute Gasteiger partial charge is 0.376 e. The van der Waals surface area contributed by atoms with Gasteiger partial charge in [0.05, 0.1) is 25.9 Å². The Kier molecular flexibility index (Phi) is 5.82. The van der Waals surface area contributed by atoms with Crippen molar-refractivity contribution in [3.63, 3.8) is 0 Å². The van der Waals surface area contributed by atoms with Crippen molar-refractivity contribution in [2.75, 3.05) is 33.4 Å². The molecule has 0 bridgehead atoms. The van der Waals surface area contributed by atoms with Gasteiger partial charge in [0.25, 0.3) is 0 Å². The highest BCUT2D eigenvalue weighted by atomic mass is 32.1. The van der Waals surface area contributed by atoms with E-state index in [2.05, 4.69) is 37.9 Å². The number of nitrogens with zero attached hydrogens (tertiary/aromatic N) is 1. The smallest absolute Gasteiger partial charge is 0.0936 e. The van der Waals surface area contributed by atoms with E-state index in [1.165, 1.54) is 16.2 Å². The summed E-state index contributed by atoms with van der Waals surface area (Å²) >= 11 is 1.94. The molecule has 2 rings (SSSR count). The third-order valence-corrected chi connectivity index (χ3v) is 4.25. The van der Waals surface area contributed by atoms with E-state index in [1.54, 1.807) is 0 Å². The Hall–Kier alpha value is -0.420. The average Bonchev–Trinajstić information content (AvgIpc) is 2.76. The minimum atomic E-state index is 0.230. The van der Waals surface area contributed by atoms with E-state index in [0.29, 0.717) is 0 Å². The summed E-state index contributed by atoms with van der Waals surface area (Å²) in [6.07, 6.45) is 1.42. The van der Waals surface area contributed by atoms with Crippen molar-refractivity contribution in [1.29, 1.82) is 0 Å². The number of hydrogen-bond acceptors (Lipinski definition) is 4. The highest BCUT2D eigenvalue weighted by Crippen LogP contribution is 2.21. The molecular formula is C15H25NO2S. The molecular weight excluding hydrogens is 258 g/mol. The Morgan fingerprint density at radius 1 is 1.32 bits per heavy atom. The van der Waals surface area contributed by atoms with E-state index in [0.717, 1.165) is 38.8 Å². The summed E-state index contributed by atoms with van der Waals surface area (Å²) in [4.78, 5) is 5.26. The lowest BCUT2D eigenvalue weighted by atomic mass is 10.1. The molecule has 1 atom stereocenters. The zero-order chi connectivity index (χ0) is 13.7. The molecule has 0 spiro atoms. The van der Waals surface area contributed by atoms with E-state index in [4.69, 9.17) is 9.47 Å². The van der Waals surface area contributed by atoms with Crippen molar-refractivity contribution < 1.29 is 9.47 Å². The summed E-state index contributed by atoms with van der Waals surface area (Å²) in [5, 5.41) is 0. The summed E-state index contributed by atoms with van der Waals surface area (Å²) in [5.41, 5.74) is 0. The normalized spacial score (nSPS) is 20.4. The molecule has 0 aromatic carbocycles. The SMILES string of the molecule is CC(C)Cc1ccc(CN(C)C[C@H]2COCCO2)s1. The topological polar surface area (TPSA) is 21.7 Å². The van der Waals surface area contributed by atoms with E-state index in [-0.39, 0.29) is 6.10 Å². The van der Waals surface area contributed by atoms with Gasteiger partial charge in [0.2, 0.25) is 0 Å². The van der Waals surface area contributed by atoms with Crippen LogP contribution in [0.3, 0.4) is 0 Å². The summed E-state index contributed by atoms with van der Waals surface area (Å²) in [5.74, 6) is 0.733. The van der Waals surface area contributed by atoms with Crippen LogP contribution in [0.5, 0.6) is 0 Å². The van der Waals surface area contributed by atoms with Crippen LogP contribution in [-0.2, 0) is 22.4 Å². The summed E-state index contributed by atoms with van der Waals surface area (Å²) < 4.78 is 11.1. The van der Waals surface area contributed by atoms with Gasteiger partial charge in [0.15, 0.2) is 0 Å². The first-order valence-electron chi connectivity index (χ1n) is 7.09. The molecule has 1 fully saturated rings. The Morgan fingerprint density at radius 2 is 2.11 bits per heavy atom. The average molecular weight is 283 g/mol. The Labute approximate surface area is 120 Å². The fraction of sp³-hybridized carbons (Fsp3) is 0.733. The fourth-order valence-electron chi connectivity index (χ4n) is 2.34. The molecule has 0 saturated carbocycles. The number of hydrogen-bond donors (Lipinski definition) is 0. The standard InChI is InChI=1S/C15H25NO2S/c1-12(2)8-14-4-5-15(19-14)10-16(3)9-13-11-17-6-7-18-13/h4-5,12-13H,6-11H2,1-3H3/t13-/m0/s1. The molecule has 108 valence electrons. The van der Waals surface area contributed by atoms with Gasteiger partial charge in [0.1, 0.15) is 0 Å². The third-order valence-electron chi connectivity index (χ3n) is 3.15. The summed E-state index contributed by atoms with van der Waals surface area (Å²) in [6, 6.07) is 4.53. The molecule has 19 heavy (non-hydrogen) atoms. The molecule has 0 aliphatic carbocycles. The zero-order valence-corrected chi connectivity index (χ0v) is 13.0. The predicted octanol–water partition coefficient (Wildman–Crippen LogP) is 2.79. The van der Waals surface area contributed by atoms with E-state index < -0.39 is 0 Å². The van der Waals surface area contributed by atoms with Crippen LogP contribution in [-0.4, -0.2) is 44.4 Å². The van der Waals surface area contributed by atoms with Crippen molar-refractivity contribution in [2.45, 2.75) is 32.9 Å². The second-order valence-corrected chi connectivity index (χ2v) is 6.98. The Bertz CT molecular complexity index is 372. The maximum atomic E-state index is 5.68. The van der Waals surface area contributed by atoms with Crippen molar-refractivity contribution in [2.24, 2.45) is 5.92 Å². The van der Waals surface area contributed by atoms with Crippen LogP contribution < -0.4 is 0 Å². The van der Waals surface area contributed by atoms with Gasteiger partial charge in [-0.25, -0.2) is 0 Å². The van der Waals surface area contributed by atoms with Gasteiger partial charge >= 0.3 is 0 Å². The molecule has 0 radical (unpaired) electrons. The van der Waals surface area contributed by atoms with Crippen molar-refractivity contribution in [3.05, 3.63) is 21.9 Å². The Morgan fingerprint density at radius 3 is 2.79 bits per heavy atom. The van der Waals surface area contributed by atoms with Gasteiger partial charge in [-0.2, -0.15) is 0 Å². The maximum absolute atomic E-state index is 5.68. The molecule has 3 nitrogen and oxygen atoms in total. The molecule has 1 saturated heterocycles. The first-order chi connectivity index (χ1) is 9.13. The van der Waals surface area contributed by atoms with Gasteiger partial charge in [0, 0.05) is 22.8 Å². The quantitative estimate of drug-likeness (QED) is 0.801. The second-order valence-electron chi connectivity index (χ2n) is 5.73. The minimum absolute atomic E-state index is 0.230. The summed E-state index contributed by atoms with van der Waals surface area (Å²) in [7, 11) is 2.15. The molecule has 4 heteroatoms. The van der Waals surface area contributed by atoms with Crippen LogP contribution in [0.1, 0.15) is 23.6 Å². The minimum Gasteiger partial charge on any atom is -0.376 e. The van der Waals surface area contributed by atoms with E-state index in [9.17, 15) is 0 Å². The molecule has 1 aliphatic rings. The van der Waals surface area contributed by atoms with Gasteiger partial charge < -0.3 is 9.47 Å². The van der Waals surface area contributed by atoms with Crippen LogP contribution in [0.15, 0.2) is 12.1 Å². The molecule has 2 heterocycles. The fourth-order valence-corrected chi connectivity index (χ4v) is 3.65. The van der Waals surface area contributed by atoms with Crippen LogP contribution in [0.4, 0.5) is 0 Å². The van der Waals surface area contributed by atoms with Gasteiger partial charge in [-0.15, -0.1) is 11.3 Å². The highest BCUT2D eigenvalue weighted by molar-refractivity contribution is 7.11. The molecule has 0 amide bonds. The maximum Gasteiger partial charge on any atom is 0.0936 e. The van der Waals surface area contributed by atoms with Crippen LogP contribution in [0.2, 0.25) is 0 Å². The van der Waals surface area contributed by atoms with Crippen LogP contribution in [0, 0.1) is 5.92 Å². The monoisotopic (exact) mass is 283 g/mol. The summed E-state index contributed by atoms with van der Waals surface area (Å²) in [6.45, 7) is 8.69. The van der Waals surface area contributed by atoms with Crippen molar-refractivity contribution in [1.82, 2.24) is 4.90 Å². The first-order valence-corrected chi connectivity index (χ1v) is 7.90. The third kappa shape index (κ3) is 5.22. The molecule has 0 unspecified atom stereocenters. The molecule has 0 N–H and O–H groups in total. The molecule has 1 aliphatic heterocycles. The number of thiophene rings is 1. The number of likely N-dealkylation sites (N-methyl/N-ethyl adjacent to an activating group) is 1. The molecule has 1 aromatic rings. The molecule has 1 aromatic heterocycles. The van der Waals surface area contributed by atoms with Gasteiger partial charge in [-0.05, 0) is 31.5 Å². The lowest BCUT2D eigenvalue weighted by molar-refractivity contribution is -0.0962. The number of rotatable bonds is 6. The first kappa shape index (κ1) is 15.0.